The van der Waals surface area contributed by atoms with Gasteiger partial charge in [0.2, 0.25) is 0 Å². The number of carbonyl (C=O) groups excluding carboxylic acids is 1. The number of benzene rings is 2. The zero-order valence-electron chi connectivity index (χ0n) is 28.5. The molecule has 4 N–H and O–H groups in total. The molecule has 3 saturated heterocycles. The lowest BCUT2D eigenvalue weighted by molar-refractivity contribution is -0.0687. The highest BCUT2D eigenvalue weighted by Gasteiger charge is 2.49. The molecule has 0 aliphatic carbocycles. The zero-order chi connectivity index (χ0) is 35.0. The Morgan fingerprint density at radius 2 is 1.80 bits per heavy atom. The van der Waals surface area contributed by atoms with Crippen LogP contribution in [0.1, 0.15) is 61.1 Å². The van der Waals surface area contributed by atoms with Crippen molar-refractivity contribution in [2.24, 2.45) is 11.3 Å². The van der Waals surface area contributed by atoms with E-state index in [1.165, 1.54) is 19.2 Å². The predicted octanol–water partition coefficient (Wildman–Crippen LogP) is 4.43. The molecule has 0 bridgehead atoms. The first kappa shape index (κ1) is 34.2. The van der Waals surface area contributed by atoms with Crippen LogP contribution < -0.4 is 15.8 Å². The van der Waals surface area contributed by atoms with Gasteiger partial charge in [0.1, 0.15) is 34.7 Å². The summed E-state index contributed by atoms with van der Waals surface area (Å²) >= 11 is 0. The maximum Gasteiger partial charge on any atom is 0.407 e. The molecular formula is C36H45FN8O4. The maximum atomic E-state index is 13.7. The molecule has 1 aromatic heterocycles. The van der Waals surface area contributed by atoms with Crippen LogP contribution in [0.4, 0.5) is 15.0 Å². The number of halogens is 1. The van der Waals surface area contributed by atoms with Crippen LogP contribution in [0.25, 0.3) is 11.3 Å². The van der Waals surface area contributed by atoms with Gasteiger partial charge in [0.15, 0.2) is 0 Å². The number of hydrogen-bond acceptors (Lipinski definition) is 8. The molecule has 2 atom stereocenters. The molecule has 0 radical (unpaired) electrons. The number of nitrogens with two attached hydrogens (primary N) is 1. The molecule has 2 amide bonds. The van der Waals surface area contributed by atoms with Crippen LogP contribution in [0.5, 0.6) is 5.75 Å². The van der Waals surface area contributed by atoms with E-state index in [9.17, 15) is 24.3 Å². The number of hydrogen-bond donors (Lipinski definition) is 3. The zero-order valence-corrected chi connectivity index (χ0v) is 28.5. The first-order chi connectivity index (χ1) is 23.4. The number of rotatable bonds is 9. The van der Waals surface area contributed by atoms with Gasteiger partial charge in [0.05, 0.1) is 18.7 Å². The molecule has 260 valence electrons. The molecule has 2 aromatic carbocycles. The van der Waals surface area contributed by atoms with Crippen LogP contribution in [0, 0.1) is 28.5 Å². The summed E-state index contributed by atoms with van der Waals surface area (Å²) in [5.41, 5.74) is 8.99. The molecule has 12 nitrogen and oxygen atoms in total. The first-order valence-electron chi connectivity index (χ1n) is 16.8. The average Bonchev–Trinajstić information content (AvgIpc) is 3.37. The van der Waals surface area contributed by atoms with Crippen molar-refractivity contribution in [3.8, 4) is 23.1 Å². The lowest BCUT2D eigenvalue weighted by atomic mass is 9.72. The number of nitriles is 1. The molecule has 4 heterocycles. The van der Waals surface area contributed by atoms with Gasteiger partial charge in [0, 0.05) is 69.4 Å². The Balaban J connectivity index is 1.02. The van der Waals surface area contributed by atoms with E-state index in [1.807, 2.05) is 28.9 Å². The van der Waals surface area contributed by atoms with Gasteiger partial charge in [-0.1, -0.05) is 45.0 Å². The molecule has 3 fully saturated rings. The van der Waals surface area contributed by atoms with Gasteiger partial charge in [-0.2, -0.15) is 10.4 Å². The Morgan fingerprint density at radius 3 is 2.41 bits per heavy atom. The second kappa shape index (κ2) is 13.7. The van der Waals surface area contributed by atoms with E-state index in [1.54, 1.807) is 4.90 Å². The second-order valence-electron chi connectivity index (χ2n) is 14.5. The van der Waals surface area contributed by atoms with Crippen molar-refractivity contribution in [2.45, 2.75) is 58.3 Å². The maximum absolute atomic E-state index is 13.7. The van der Waals surface area contributed by atoms with Crippen molar-refractivity contribution < 1.29 is 23.8 Å². The van der Waals surface area contributed by atoms with Gasteiger partial charge in [0.25, 0.3) is 5.91 Å². The Kier molecular flexibility index (Phi) is 9.55. The highest BCUT2D eigenvalue weighted by molar-refractivity contribution is 5.96. The molecule has 13 heteroatoms. The van der Waals surface area contributed by atoms with E-state index in [2.05, 4.69) is 42.0 Å². The minimum atomic E-state index is -0.825. The third-order valence-electron chi connectivity index (χ3n) is 10.3. The molecule has 6 rings (SSSR count). The van der Waals surface area contributed by atoms with E-state index in [0.717, 1.165) is 62.8 Å². The van der Waals surface area contributed by atoms with E-state index >= 15 is 0 Å². The van der Waals surface area contributed by atoms with Crippen LogP contribution in [0.3, 0.4) is 0 Å². The van der Waals surface area contributed by atoms with Gasteiger partial charge in [-0.25, -0.2) is 13.9 Å². The number of nitrogens with one attached hydrogen (secondary N) is 1. The lowest BCUT2D eigenvalue weighted by Crippen LogP contribution is -2.68. The molecule has 3 aliphatic rings. The average molecular weight is 673 g/mol. The number of ether oxygens (including phenoxy) is 1. The van der Waals surface area contributed by atoms with Crippen LogP contribution in [-0.4, -0.2) is 100 Å². The van der Waals surface area contributed by atoms with Crippen molar-refractivity contribution in [2.75, 3.05) is 52.1 Å². The van der Waals surface area contributed by atoms with E-state index in [-0.39, 0.29) is 35.4 Å². The van der Waals surface area contributed by atoms with Crippen LogP contribution in [0.15, 0.2) is 42.5 Å². The summed E-state index contributed by atoms with van der Waals surface area (Å²) < 4.78 is 20.7. The summed E-state index contributed by atoms with van der Waals surface area (Å²) in [6, 6.07) is 14.1. The Bertz CT molecular complexity index is 1730. The summed E-state index contributed by atoms with van der Waals surface area (Å²) in [5.74, 6) is 0.0528. The second-order valence-corrected chi connectivity index (χ2v) is 14.5. The van der Waals surface area contributed by atoms with Crippen LogP contribution in [-0.2, 0) is 6.54 Å². The number of anilines is 1. The summed E-state index contributed by atoms with van der Waals surface area (Å²) in [6.07, 6.45) is 0.932. The lowest BCUT2D eigenvalue weighted by Gasteiger charge is -2.56. The molecule has 0 spiro atoms. The predicted molar refractivity (Wildman–Crippen MR) is 182 cm³/mol. The Hall–Kier alpha value is -4.67. The van der Waals surface area contributed by atoms with E-state index < -0.39 is 17.8 Å². The fourth-order valence-corrected chi connectivity index (χ4v) is 7.82. The minimum absolute atomic E-state index is 0.0475. The van der Waals surface area contributed by atoms with Crippen LogP contribution >= 0.6 is 0 Å². The summed E-state index contributed by atoms with van der Waals surface area (Å²) in [4.78, 5) is 30.9. The number of methoxy groups -OCH3 is 1. The highest BCUT2D eigenvalue weighted by Crippen LogP contribution is 2.40. The van der Waals surface area contributed by atoms with Crippen molar-refractivity contribution >= 4 is 17.8 Å². The molecule has 49 heavy (non-hydrogen) atoms. The Morgan fingerprint density at radius 1 is 1.10 bits per heavy atom. The standard InChI is InChI=1S/C36H45FN8O4/c1-36(2,3)32-24(19-44(32)35(47)48)18-42-20-27(21-42)43-13-11-26(12-14-43)45-33(39)29(16-38)31(41-45)23-7-5-22(6-8-23)17-40-34(46)28-15-25(37)9-10-30(28)49-4/h5-10,15,24,26-27,32H,11-14,17-21,39H2,1-4H3,(H,40,46)(H,47,48). The number of piperidine rings is 1. The van der Waals surface area contributed by atoms with Crippen LogP contribution in [0.2, 0.25) is 0 Å². The quantitative estimate of drug-likeness (QED) is 0.300. The fraction of sp³-hybridized carbons (Fsp3) is 0.500. The van der Waals surface area contributed by atoms with Gasteiger partial charge in [-0.15, -0.1) is 0 Å². The van der Waals surface area contributed by atoms with Crippen molar-refractivity contribution in [1.82, 2.24) is 29.8 Å². The number of nitrogen functional groups attached to an aromatic ring is 1. The Labute approximate surface area is 286 Å². The summed E-state index contributed by atoms with van der Waals surface area (Å²) in [5, 5.41) is 27.2. The van der Waals surface area contributed by atoms with Crippen molar-refractivity contribution in [3.05, 3.63) is 65.0 Å². The van der Waals surface area contributed by atoms with E-state index in [0.29, 0.717) is 35.6 Å². The van der Waals surface area contributed by atoms with Gasteiger partial charge < -0.3 is 25.8 Å². The topological polar surface area (TPSA) is 153 Å². The smallest absolute Gasteiger partial charge is 0.407 e. The number of aromatic nitrogens is 2. The largest absolute Gasteiger partial charge is 0.496 e. The highest BCUT2D eigenvalue weighted by atomic mass is 19.1. The summed E-state index contributed by atoms with van der Waals surface area (Å²) in [7, 11) is 1.43. The number of amides is 2. The fourth-order valence-electron chi connectivity index (χ4n) is 7.82. The SMILES string of the molecule is COc1ccc(F)cc1C(=O)NCc1ccc(-c2nn(C3CCN(C4CN(CC5CN(C(=O)O)C5C(C)(C)C)C4)CC3)c(N)c2C#N)cc1. The van der Waals surface area contributed by atoms with Crippen molar-refractivity contribution in [3.63, 3.8) is 0 Å². The van der Waals surface area contributed by atoms with E-state index in [4.69, 9.17) is 15.6 Å². The monoisotopic (exact) mass is 672 g/mol. The molecular weight excluding hydrogens is 627 g/mol. The number of carbonyl (C=O) groups is 2. The third-order valence-corrected chi connectivity index (χ3v) is 10.3. The van der Waals surface area contributed by atoms with Gasteiger partial charge in [-0.3, -0.25) is 14.6 Å². The first-order valence-corrected chi connectivity index (χ1v) is 16.8. The minimum Gasteiger partial charge on any atom is -0.496 e. The summed E-state index contributed by atoms with van der Waals surface area (Å²) in [6.45, 7) is 12.0. The molecule has 2 unspecified atom stereocenters. The van der Waals surface area contributed by atoms with Gasteiger partial charge >= 0.3 is 6.09 Å². The molecule has 3 aromatic rings. The number of nitrogens with zero attached hydrogens (tertiary/aromatic N) is 6. The third kappa shape index (κ3) is 6.93. The number of carboxylic acid groups (broad SMARTS) is 1. The van der Waals surface area contributed by atoms with Crippen molar-refractivity contribution in [1.29, 1.82) is 5.26 Å². The van der Waals surface area contributed by atoms with Gasteiger partial charge in [-0.05, 0) is 42.0 Å². The molecule has 0 saturated carbocycles. The molecule has 3 aliphatic heterocycles. The normalized spacial score (nSPS) is 20.7. The number of likely N-dealkylation sites (tertiary alicyclic amines) is 3.